The fourth-order valence-electron chi connectivity index (χ4n) is 4.41. The summed E-state index contributed by atoms with van der Waals surface area (Å²) < 4.78 is 29.2. The van der Waals surface area contributed by atoms with Crippen molar-refractivity contribution >= 4 is 17.2 Å². The molecule has 1 aliphatic carbocycles. The molecule has 7 nitrogen and oxygen atoms in total. The molecule has 3 aromatic heterocycles. The third kappa shape index (κ3) is 3.63. The van der Waals surface area contributed by atoms with Gasteiger partial charge >= 0.3 is 0 Å². The Bertz CT molecular complexity index is 1520. The molecule has 4 aromatic rings. The second-order valence-corrected chi connectivity index (χ2v) is 8.35. The summed E-state index contributed by atoms with van der Waals surface area (Å²) in [5.74, 6) is -0.488. The molecule has 1 saturated carbocycles. The summed E-state index contributed by atoms with van der Waals surface area (Å²) in [7, 11) is 0. The van der Waals surface area contributed by atoms with Gasteiger partial charge in [0, 0.05) is 6.20 Å². The van der Waals surface area contributed by atoms with E-state index in [2.05, 4.69) is 15.3 Å². The molecule has 0 saturated heterocycles. The molecule has 3 heterocycles. The molecule has 0 aliphatic heterocycles. The van der Waals surface area contributed by atoms with Gasteiger partial charge in [-0.05, 0) is 66.6 Å². The van der Waals surface area contributed by atoms with Gasteiger partial charge in [0.1, 0.15) is 41.2 Å². The van der Waals surface area contributed by atoms with Crippen LogP contribution in [0.5, 0.6) is 0 Å². The summed E-state index contributed by atoms with van der Waals surface area (Å²) in [5, 5.41) is 12.7. The monoisotopic (exact) mass is 458 g/mol. The van der Waals surface area contributed by atoms with Crippen molar-refractivity contribution in [2.45, 2.75) is 31.7 Å². The van der Waals surface area contributed by atoms with Crippen LogP contribution in [0.2, 0.25) is 0 Å². The number of halogens is 2. The largest absolute Gasteiger partial charge is 0.382 e. The van der Waals surface area contributed by atoms with Gasteiger partial charge in [-0.15, -0.1) is 0 Å². The molecule has 0 radical (unpaired) electrons. The fourth-order valence-corrected chi connectivity index (χ4v) is 4.41. The highest BCUT2D eigenvalue weighted by molar-refractivity contribution is 5.76. The molecule has 1 aliphatic rings. The van der Waals surface area contributed by atoms with Crippen molar-refractivity contribution in [3.05, 3.63) is 87.6 Å². The third-order valence-electron chi connectivity index (χ3n) is 6.07. The van der Waals surface area contributed by atoms with Crippen molar-refractivity contribution in [1.82, 2.24) is 14.4 Å². The average molecular weight is 458 g/mol. The Labute approximate surface area is 193 Å². The van der Waals surface area contributed by atoms with E-state index in [-0.39, 0.29) is 23.1 Å². The van der Waals surface area contributed by atoms with E-state index in [0.29, 0.717) is 22.2 Å². The molecular formula is C25H20F2N6O. The Balaban J connectivity index is 1.80. The second-order valence-electron chi connectivity index (χ2n) is 8.35. The van der Waals surface area contributed by atoms with E-state index in [0.717, 1.165) is 18.4 Å². The number of fused-ring (bicyclic) bond motifs is 1. The normalized spacial score (nSPS) is 14.1. The zero-order chi connectivity index (χ0) is 24.0. The average Bonchev–Trinajstić information content (AvgIpc) is 3.65. The summed E-state index contributed by atoms with van der Waals surface area (Å²) in [6.07, 6.45) is 4.29. The molecule has 1 atom stereocenters. The van der Waals surface area contributed by atoms with Crippen LogP contribution in [0.1, 0.15) is 48.4 Å². The van der Waals surface area contributed by atoms with Gasteiger partial charge < -0.3 is 11.1 Å². The van der Waals surface area contributed by atoms with E-state index in [1.165, 1.54) is 47.3 Å². The Morgan fingerprint density at radius 2 is 1.85 bits per heavy atom. The Kier molecular flexibility index (Phi) is 5.21. The van der Waals surface area contributed by atoms with Crippen LogP contribution in [0.15, 0.2) is 53.7 Å². The summed E-state index contributed by atoms with van der Waals surface area (Å²) >= 11 is 0. The summed E-state index contributed by atoms with van der Waals surface area (Å²) in [6, 6.07) is 10.1. The number of anilines is 2. The van der Waals surface area contributed by atoms with Crippen LogP contribution in [0, 0.1) is 23.0 Å². The fraction of sp³-hybridized carbons (Fsp3) is 0.200. The van der Waals surface area contributed by atoms with Gasteiger partial charge in [-0.25, -0.2) is 18.7 Å². The SMILES string of the molecule is C[C@H](Nc1ncnc(N)c1C#N)c1c(-c2ccc(F)cc2)c(=O)n2cc(F)ccc2c1C1CC1. The van der Waals surface area contributed by atoms with Gasteiger partial charge in [0.2, 0.25) is 0 Å². The highest BCUT2D eigenvalue weighted by Gasteiger charge is 2.33. The van der Waals surface area contributed by atoms with Crippen LogP contribution in [0.25, 0.3) is 16.6 Å². The van der Waals surface area contributed by atoms with Crippen molar-refractivity contribution in [3.63, 3.8) is 0 Å². The van der Waals surface area contributed by atoms with Gasteiger partial charge in [0.05, 0.1) is 17.1 Å². The maximum Gasteiger partial charge on any atom is 0.263 e. The molecule has 170 valence electrons. The smallest absolute Gasteiger partial charge is 0.263 e. The highest BCUT2D eigenvalue weighted by atomic mass is 19.1. The zero-order valence-corrected chi connectivity index (χ0v) is 18.2. The van der Waals surface area contributed by atoms with E-state index in [9.17, 15) is 18.8 Å². The lowest BCUT2D eigenvalue weighted by molar-refractivity contribution is 0.617. The maximum absolute atomic E-state index is 14.1. The minimum atomic E-state index is -0.532. The van der Waals surface area contributed by atoms with E-state index >= 15 is 0 Å². The molecule has 0 spiro atoms. The van der Waals surface area contributed by atoms with E-state index < -0.39 is 23.2 Å². The zero-order valence-electron chi connectivity index (χ0n) is 18.2. The molecule has 0 unspecified atom stereocenters. The topological polar surface area (TPSA) is 109 Å². The third-order valence-corrected chi connectivity index (χ3v) is 6.07. The van der Waals surface area contributed by atoms with Crippen LogP contribution in [-0.2, 0) is 0 Å². The number of pyridine rings is 2. The lowest BCUT2D eigenvalue weighted by Crippen LogP contribution is -2.24. The number of rotatable bonds is 5. The number of benzene rings is 1. The number of hydrogen-bond donors (Lipinski definition) is 2. The predicted octanol–water partition coefficient (Wildman–Crippen LogP) is 4.54. The van der Waals surface area contributed by atoms with Crippen molar-refractivity contribution in [2.24, 2.45) is 0 Å². The predicted molar refractivity (Wildman–Crippen MR) is 124 cm³/mol. The van der Waals surface area contributed by atoms with Gasteiger partial charge in [0.15, 0.2) is 0 Å². The number of hydrogen-bond acceptors (Lipinski definition) is 6. The standard InChI is InChI=1S/C25H20F2N6O/c1-13(32-24-18(10-28)23(29)30-12-31-24)20-21(14-2-3-14)19-9-8-17(27)11-33(19)25(34)22(20)15-4-6-16(26)7-5-15/h4-9,11-14H,2-3H2,1H3,(H3,29,30,31,32)/t13-/m0/s1. The van der Waals surface area contributed by atoms with Crippen LogP contribution in [0.3, 0.4) is 0 Å². The van der Waals surface area contributed by atoms with E-state index in [1.54, 1.807) is 6.07 Å². The number of nitrogens with one attached hydrogen (secondary N) is 1. The molecule has 1 fully saturated rings. The van der Waals surface area contributed by atoms with Gasteiger partial charge in [0.25, 0.3) is 5.56 Å². The maximum atomic E-state index is 14.1. The summed E-state index contributed by atoms with van der Waals surface area (Å²) in [5.41, 5.74) is 8.61. The van der Waals surface area contributed by atoms with Crippen molar-refractivity contribution in [1.29, 1.82) is 5.26 Å². The second kappa shape index (κ2) is 8.23. The molecular weight excluding hydrogens is 438 g/mol. The van der Waals surface area contributed by atoms with Crippen LogP contribution in [0.4, 0.5) is 20.4 Å². The van der Waals surface area contributed by atoms with Crippen molar-refractivity contribution in [2.75, 3.05) is 11.1 Å². The first kappa shape index (κ1) is 21.5. The lowest BCUT2D eigenvalue weighted by Gasteiger charge is -2.24. The number of aromatic nitrogens is 3. The number of nitrogen functional groups attached to an aromatic ring is 1. The highest BCUT2D eigenvalue weighted by Crippen LogP contribution is 2.47. The first-order valence-electron chi connectivity index (χ1n) is 10.8. The van der Waals surface area contributed by atoms with Gasteiger partial charge in [-0.2, -0.15) is 5.26 Å². The molecule has 3 N–H and O–H groups in total. The first-order chi connectivity index (χ1) is 16.4. The molecule has 9 heteroatoms. The minimum Gasteiger partial charge on any atom is -0.382 e. The Morgan fingerprint density at radius 1 is 1.15 bits per heavy atom. The summed E-state index contributed by atoms with van der Waals surface area (Å²) in [6.45, 7) is 1.85. The van der Waals surface area contributed by atoms with Crippen LogP contribution >= 0.6 is 0 Å². The molecule has 5 rings (SSSR count). The lowest BCUT2D eigenvalue weighted by atomic mass is 9.89. The number of nitrogens with two attached hydrogens (primary N) is 1. The number of nitriles is 1. The van der Waals surface area contributed by atoms with E-state index in [4.69, 9.17) is 5.73 Å². The van der Waals surface area contributed by atoms with Gasteiger partial charge in [-0.3, -0.25) is 9.20 Å². The quantitative estimate of drug-likeness (QED) is 0.455. The molecule has 1 aromatic carbocycles. The Hall–Kier alpha value is -4.32. The van der Waals surface area contributed by atoms with Crippen LogP contribution < -0.4 is 16.6 Å². The summed E-state index contributed by atoms with van der Waals surface area (Å²) in [4.78, 5) is 21.7. The van der Waals surface area contributed by atoms with Crippen molar-refractivity contribution < 1.29 is 8.78 Å². The molecule has 0 amide bonds. The molecule has 34 heavy (non-hydrogen) atoms. The Morgan fingerprint density at radius 3 is 2.53 bits per heavy atom. The molecule has 0 bridgehead atoms. The first-order valence-corrected chi connectivity index (χ1v) is 10.8. The van der Waals surface area contributed by atoms with E-state index in [1.807, 2.05) is 13.0 Å². The van der Waals surface area contributed by atoms with Crippen LogP contribution in [-0.4, -0.2) is 14.4 Å². The number of nitrogens with zero attached hydrogens (tertiary/aromatic N) is 4. The minimum absolute atomic E-state index is 0.0439. The van der Waals surface area contributed by atoms with Gasteiger partial charge in [-0.1, -0.05) is 12.1 Å². The van der Waals surface area contributed by atoms with Crippen molar-refractivity contribution in [3.8, 4) is 17.2 Å².